The molecule has 0 aliphatic rings. The molecule has 104 valence electrons. The second kappa shape index (κ2) is 6.99. The van der Waals surface area contributed by atoms with E-state index in [1.54, 1.807) is 0 Å². The normalized spacial score (nSPS) is 10.8. The van der Waals surface area contributed by atoms with E-state index in [0.717, 1.165) is 18.4 Å². The monoisotopic (exact) mass is 268 g/mol. The highest BCUT2D eigenvalue weighted by molar-refractivity contribution is 5.95. The molecule has 0 bridgehead atoms. The number of Topliss-reactive ketones (excluding diaryl/α,β-unsaturated/α-hetero) is 1. The fourth-order valence-electron chi connectivity index (χ4n) is 2.50. The first kappa shape index (κ1) is 14.4. The van der Waals surface area contributed by atoms with Gasteiger partial charge in [-0.2, -0.15) is 4.57 Å². The number of ketones is 1. The summed E-state index contributed by atoms with van der Waals surface area (Å²) in [5, 5.41) is 0. The van der Waals surface area contributed by atoms with E-state index in [0.29, 0.717) is 12.5 Å². The minimum absolute atomic E-state index is 0.150. The van der Waals surface area contributed by atoms with Crippen molar-refractivity contribution >= 4 is 5.78 Å². The maximum atomic E-state index is 12.2. The highest BCUT2D eigenvalue weighted by atomic mass is 16.1. The second-order valence-electron chi connectivity index (χ2n) is 5.11. The van der Waals surface area contributed by atoms with Gasteiger partial charge in [-0.25, -0.2) is 0 Å². The van der Waals surface area contributed by atoms with Gasteiger partial charge in [-0.3, -0.25) is 4.79 Å². The molecule has 2 heteroatoms. The Labute approximate surface area is 121 Å². The van der Waals surface area contributed by atoms with Crippen LogP contribution in [0.5, 0.6) is 0 Å². The van der Waals surface area contributed by atoms with Crippen molar-refractivity contribution in [3.63, 3.8) is 0 Å². The average Bonchev–Trinajstić information content (AvgIpc) is 2.50. The Kier molecular flexibility index (Phi) is 5.05. The van der Waals surface area contributed by atoms with Gasteiger partial charge in [0.2, 0.25) is 12.3 Å². The van der Waals surface area contributed by atoms with Crippen LogP contribution >= 0.6 is 0 Å². The van der Waals surface area contributed by atoms with Crippen molar-refractivity contribution in [2.75, 3.05) is 0 Å². The van der Waals surface area contributed by atoms with Gasteiger partial charge < -0.3 is 0 Å². The number of nitrogens with zero attached hydrogens (tertiary/aromatic N) is 1. The summed E-state index contributed by atoms with van der Waals surface area (Å²) >= 11 is 0. The van der Waals surface area contributed by atoms with Crippen LogP contribution in [0.4, 0.5) is 0 Å². The smallest absolute Gasteiger partial charge is 0.227 e. The van der Waals surface area contributed by atoms with E-state index < -0.39 is 0 Å². The quantitative estimate of drug-likeness (QED) is 0.577. The Morgan fingerprint density at radius 3 is 2.15 bits per heavy atom. The van der Waals surface area contributed by atoms with Crippen molar-refractivity contribution in [1.29, 1.82) is 0 Å². The van der Waals surface area contributed by atoms with Crippen LogP contribution in [0.1, 0.15) is 48.5 Å². The number of aromatic nitrogens is 1. The zero-order chi connectivity index (χ0) is 14.4. The molecule has 1 heterocycles. The summed E-state index contributed by atoms with van der Waals surface area (Å²) in [5.74, 6) is 0.750. The van der Waals surface area contributed by atoms with Crippen LogP contribution in [0.15, 0.2) is 54.9 Å². The molecule has 0 amide bonds. The highest BCUT2D eigenvalue weighted by Crippen LogP contribution is 2.23. The van der Waals surface area contributed by atoms with E-state index in [4.69, 9.17) is 0 Å². The number of hydrogen-bond acceptors (Lipinski definition) is 1. The number of hydrogen-bond donors (Lipinski definition) is 0. The first-order valence-corrected chi connectivity index (χ1v) is 7.31. The van der Waals surface area contributed by atoms with E-state index in [1.165, 1.54) is 5.56 Å². The van der Waals surface area contributed by atoms with E-state index >= 15 is 0 Å². The van der Waals surface area contributed by atoms with Crippen molar-refractivity contribution in [3.05, 3.63) is 66.0 Å². The number of carbonyl (C=O) groups is 1. The van der Waals surface area contributed by atoms with Crippen LogP contribution in [0.25, 0.3) is 0 Å². The predicted molar refractivity (Wildman–Crippen MR) is 80.7 cm³/mol. The van der Waals surface area contributed by atoms with E-state index in [2.05, 4.69) is 26.0 Å². The largest absolute Gasteiger partial charge is 0.287 e. The first-order chi connectivity index (χ1) is 9.74. The molecule has 0 aliphatic carbocycles. The lowest BCUT2D eigenvalue weighted by Gasteiger charge is -2.12. The summed E-state index contributed by atoms with van der Waals surface area (Å²) in [6.07, 6.45) is 6.11. The molecule has 0 aliphatic heterocycles. The van der Waals surface area contributed by atoms with Crippen molar-refractivity contribution in [2.24, 2.45) is 0 Å². The zero-order valence-electron chi connectivity index (χ0n) is 12.3. The Morgan fingerprint density at radius 2 is 1.60 bits per heavy atom. The third kappa shape index (κ3) is 3.53. The van der Waals surface area contributed by atoms with Crippen molar-refractivity contribution in [1.82, 2.24) is 0 Å². The van der Waals surface area contributed by atoms with Gasteiger partial charge in [0.1, 0.15) is 0 Å². The van der Waals surface area contributed by atoms with Crippen LogP contribution in [0.3, 0.4) is 0 Å². The highest BCUT2D eigenvalue weighted by Gasteiger charge is 2.13. The Hall–Kier alpha value is -1.96. The van der Waals surface area contributed by atoms with Gasteiger partial charge in [0.05, 0.1) is 0 Å². The van der Waals surface area contributed by atoms with E-state index in [-0.39, 0.29) is 5.78 Å². The molecule has 20 heavy (non-hydrogen) atoms. The number of benzene rings is 1. The molecule has 0 atom stereocenters. The predicted octanol–water partition coefficient (Wildman–Crippen LogP) is 3.76. The van der Waals surface area contributed by atoms with Gasteiger partial charge in [0, 0.05) is 17.7 Å². The Balaban J connectivity index is 2.08. The summed E-state index contributed by atoms with van der Waals surface area (Å²) in [6, 6.07) is 13.9. The molecule has 0 saturated carbocycles. The molecule has 0 fully saturated rings. The van der Waals surface area contributed by atoms with E-state index in [1.807, 2.05) is 47.3 Å². The lowest BCUT2D eigenvalue weighted by molar-refractivity contribution is -0.683. The Bertz CT molecular complexity index is 541. The molecular weight excluding hydrogens is 246 g/mol. The lowest BCUT2D eigenvalue weighted by atomic mass is 9.93. The summed E-state index contributed by atoms with van der Waals surface area (Å²) in [6.45, 7) is 4.81. The standard InChI is InChI=1S/C18H22NO/c1-3-15(4-2)16-8-10-17(11-9-16)18(20)14-19-12-6-5-7-13-19/h5-13,15H,3-4,14H2,1-2H3/q+1. The van der Waals surface area contributed by atoms with E-state index in [9.17, 15) is 4.79 Å². The molecule has 2 nitrogen and oxygen atoms in total. The van der Waals surface area contributed by atoms with Crippen molar-refractivity contribution in [2.45, 2.75) is 39.2 Å². The number of rotatable bonds is 6. The molecular formula is C18H22NO+. The maximum absolute atomic E-state index is 12.2. The van der Waals surface area contributed by atoms with Gasteiger partial charge in [0.25, 0.3) is 0 Å². The summed E-state index contributed by atoms with van der Waals surface area (Å²) in [7, 11) is 0. The molecule has 0 radical (unpaired) electrons. The SMILES string of the molecule is CCC(CC)c1ccc(C(=O)C[n+]2ccccc2)cc1. The molecule has 2 aromatic rings. The minimum Gasteiger partial charge on any atom is -0.287 e. The van der Waals surface area contributed by atoms with Crippen LogP contribution in [-0.2, 0) is 6.54 Å². The molecule has 1 aromatic heterocycles. The second-order valence-corrected chi connectivity index (χ2v) is 5.11. The molecule has 0 unspecified atom stereocenters. The molecule has 1 aromatic carbocycles. The van der Waals surface area contributed by atoms with Gasteiger partial charge in [-0.15, -0.1) is 0 Å². The molecule has 0 spiro atoms. The van der Waals surface area contributed by atoms with Gasteiger partial charge in [0.15, 0.2) is 12.4 Å². The van der Waals surface area contributed by atoms with Crippen LogP contribution < -0.4 is 4.57 Å². The first-order valence-electron chi connectivity index (χ1n) is 7.31. The fraction of sp³-hybridized carbons (Fsp3) is 0.333. The molecule has 2 rings (SSSR count). The fourth-order valence-corrected chi connectivity index (χ4v) is 2.50. The van der Waals surface area contributed by atoms with Gasteiger partial charge in [-0.1, -0.05) is 44.2 Å². The summed E-state index contributed by atoms with van der Waals surface area (Å²) in [5.41, 5.74) is 2.12. The maximum Gasteiger partial charge on any atom is 0.227 e. The average molecular weight is 268 g/mol. The topological polar surface area (TPSA) is 20.9 Å². The third-order valence-electron chi connectivity index (χ3n) is 3.79. The molecule has 0 N–H and O–H groups in total. The minimum atomic E-state index is 0.150. The van der Waals surface area contributed by atoms with Crippen LogP contribution in [0.2, 0.25) is 0 Å². The van der Waals surface area contributed by atoms with Gasteiger partial charge in [-0.05, 0) is 24.3 Å². The number of pyridine rings is 1. The number of carbonyl (C=O) groups excluding carboxylic acids is 1. The Morgan fingerprint density at radius 1 is 1.00 bits per heavy atom. The van der Waals surface area contributed by atoms with Crippen LogP contribution in [-0.4, -0.2) is 5.78 Å². The molecule has 0 saturated heterocycles. The van der Waals surface area contributed by atoms with Crippen molar-refractivity contribution in [3.8, 4) is 0 Å². The third-order valence-corrected chi connectivity index (χ3v) is 3.79. The lowest BCUT2D eigenvalue weighted by Crippen LogP contribution is -2.36. The van der Waals surface area contributed by atoms with Gasteiger partial charge >= 0.3 is 0 Å². The summed E-state index contributed by atoms with van der Waals surface area (Å²) < 4.78 is 1.90. The van der Waals surface area contributed by atoms with Crippen LogP contribution in [0, 0.1) is 0 Å². The summed E-state index contributed by atoms with van der Waals surface area (Å²) in [4.78, 5) is 12.2. The zero-order valence-corrected chi connectivity index (χ0v) is 12.3. The van der Waals surface area contributed by atoms with Crippen molar-refractivity contribution < 1.29 is 9.36 Å².